The highest BCUT2D eigenvalue weighted by molar-refractivity contribution is 5.94. The second-order valence-electron chi connectivity index (χ2n) is 5.90. The van der Waals surface area contributed by atoms with Crippen LogP contribution in [0.2, 0.25) is 0 Å². The van der Waals surface area contributed by atoms with Crippen molar-refractivity contribution in [3.8, 4) is 0 Å². The third-order valence-corrected chi connectivity index (χ3v) is 3.98. The van der Waals surface area contributed by atoms with E-state index in [-0.39, 0.29) is 11.8 Å². The molecule has 0 saturated heterocycles. The van der Waals surface area contributed by atoms with Crippen molar-refractivity contribution >= 4 is 11.8 Å². The first kappa shape index (κ1) is 17.7. The number of hydrogen-bond donors (Lipinski definition) is 1. The van der Waals surface area contributed by atoms with Crippen molar-refractivity contribution in [3.63, 3.8) is 0 Å². The molecule has 0 bridgehead atoms. The summed E-state index contributed by atoms with van der Waals surface area (Å²) in [6, 6.07) is 17.2. The third kappa shape index (κ3) is 5.23. The lowest BCUT2D eigenvalue weighted by atomic mass is 10.1. The number of carbonyl (C=O) groups is 2. The lowest BCUT2D eigenvalue weighted by Crippen LogP contribution is -2.29. The van der Waals surface area contributed by atoms with Crippen LogP contribution in [0.5, 0.6) is 0 Å². The van der Waals surface area contributed by atoms with Crippen LogP contribution in [0.1, 0.15) is 34.3 Å². The number of carbonyl (C=O) groups excluding carboxylic acids is 2. The Hall–Kier alpha value is -2.62. The molecule has 0 aliphatic rings. The quantitative estimate of drug-likeness (QED) is 0.795. The van der Waals surface area contributed by atoms with Crippen molar-refractivity contribution in [2.45, 2.75) is 26.3 Å². The third-order valence-electron chi connectivity index (χ3n) is 3.98. The Labute approximate surface area is 143 Å². The average Bonchev–Trinajstić information content (AvgIpc) is 2.61. The number of benzene rings is 2. The molecule has 0 aromatic heterocycles. The topological polar surface area (TPSA) is 49.4 Å². The van der Waals surface area contributed by atoms with E-state index in [0.717, 1.165) is 5.56 Å². The monoisotopic (exact) mass is 324 g/mol. The summed E-state index contributed by atoms with van der Waals surface area (Å²) in [4.78, 5) is 25.8. The molecule has 2 aromatic carbocycles. The van der Waals surface area contributed by atoms with E-state index in [1.165, 1.54) is 5.56 Å². The Morgan fingerprint density at radius 1 is 1.00 bits per heavy atom. The predicted octanol–water partition coefficient (Wildman–Crippen LogP) is 3.16. The van der Waals surface area contributed by atoms with Gasteiger partial charge in [0.05, 0.1) is 0 Å². The van der Waals surface area contributed by atoms with Crippen LogP contribution in [-0.2, 0) is 11.3 Å². The number of nitrogens with zero attached hydrogens (tertiary/aromatic N) is 1. The van der Waals surface area contributed by atoms with Gasteiger partial charge in [0, 0.05) is 32.1 Å². The molecule has 2 aromatic rings. The number of aryl methyl sites for hydroxylation is 1. The van der Waals surface area contributed by atoms with E-state index in [1.807, 2.05) is 56.4 Å². The minimum absolute atomic E-state index is 0.0900. The molecule has 0 aliphatic carbocycles. The van der Waals surface area contributed by atoms with Gasteiger partial charge in [0.15, 0.2) is 0 Å². The minimum atomic E-state index is -0.101. The molecule has 0 spiro atoms. The van der Waals surface area contributed by atoms with Gasteiger partial charge < -0.3 is 10.2 Å². The van der Waals surface area contributed by atoms with Crippen LogP contribution >= 0.6 is 0 Å². The molecule has 0 fully saturated rings. The molecule has 4 heteroatoms. The number of rotatable bonds is 7. The average molecular weight is 324 g/mol. The smallest absolute Gasteiger partial charge is 0.251 e. The Balaban J connectivity index is 1.71. The van der Waals surface area contributed by atoms with Gasteiger partial charge in [0.2, 0.25) is 5.91 Å². The van der Waals surface area contributed by atoms with E-state index in [1.54, 1.807) is 17.0 Å². The lowest BCUT2D eigenvalue weighted by Gasteiger charge is -2.18. The maximum Gasteiger partial charge on any atom is 0.251 e. The highest BCUT2D eigenvalue weighted by Crippen LogP contribution is 2.10. The van der Waals surface area contributed by atoms with Crippen molar-refractivity contribution in [1.82, 2.24) is 10.2 Å². The van der Waals surface area contributed by atoms with Crippen LogP contribution in [0.15, 0.2) is 54.6 Å². The second kappa shape index (κ2) is 8.87. The van der Waals surface area contributed by atoms with E-state index < -0.39 is 0 Å². The maximum absolute atomic E-state index is 12.2. The fraction of sp³-hybridized carbons (Fsp3) is 0.300. The van der Waals surface area contributed by atoms with E-state index in [9.17, 15) is 9.59 Å². The van der Waals surface area contributed by atoms with E-state index in [0.29, 0.717) is 31.5 Å². The fourth-order valence-electron chi connectivity index (χ4n) is 2.46. The minimum Gasteiger partial charge on any atom is -0.352 e. The van der Waals surface area contributed by atoms with Crippen LogP contribution < -0.4 is 5.32 Å². The Morgan fingerprint density at radius 2 is 1.67 bits per heavy atom. The lowest BCUT2D eigenvalue weighted by molar-refractivity contribution is -0.130. The van der Waals surface area contributed by atoms with Gasteiger partial charge in [-0.3, -0.25) is 9.59 Å². The molecular weight excluding hydrogens is 300 g/mol. The molecule has 4 nitrogen and oxygen atoms in total. The van der Waals surface area contributed by atoms with Gasteiger partial charge in [-0.2, -0.15) is 0 Å². The molecule has 0 radical (unpaired) electrons. The Kier molecular flexibility index (Phi) is 6.55. The highest BCUT2D eigenvalue weighted by atomic mass is 16.2. The zero-order valence-corrected chi connectivity index (χ0v) is 14.3. The summed E-state index contributed by atoms with van der Waals surface area (Å²) in [7, 11) is 1.82. The summed E-state index contributed by atoms with van der Waals surface area (Å²) in [5.41, 5.74) is 2.98. The molecule has 0 aliphatic heterocycles. The van der Waals surface area contributed by atoms with Crippen molar-refractivity contribution in [1.29, 1.82) is 0 Å². The SMILES string of the molecule is Cc1ccccc1CN(C)C(=O)CCCNC(=O)c1ccccc1. The zero-order valence-electron chi connectivity index (χ0n) is 14.3. The van der Waals surface area contributed by atoms with Gasteiger partial charge in [0.1, 0.15) is 0 Å². The summed E-state index contributed by atoms with van der Waals surface area (Å²) in [5, 5.41) is 2.84. The first-order valence-electron chi connectivity index (χ1n) is 8.19. The second-order valence-corrected chi connectivity index (χ2v) is 5.90. The molecule has 0 unspecified atom stereocenters. The van der Waals surface area contributed by atoms with Crippen LogP contribution in [-0.4, -0.2) is 30.3 Å². The summed E-state index contributed by atoms with van der Waals surface area (Å²) < 4.78 is 0. The standard InChI is InChI=1S/C20H24N2O2/c1-16-9-6-7-12-18(16)15-22(2)19(23)13-8-14-21-20(24)17-10-4-3-5-11-17/h3-7,9-12H,8,13-15H2,1-2H3,(H,21,24). The van der Waals surface area contributed by atoms with Crippen LogP contribution in [0.4, 0.5) is 0 Å². The van der Waals surface area contributed by atoms with Gasteiger partial charge in [0.25, 0.3) is 5.91 Å². The summed E-state index contributed by atoms with van der Waals surface area (Å²) in [6.45, 7) is 3.16. The first-order valence-corrected chi connectivity index (χ1v) is 8.19. The molecule has 2 amide bonds. The molecule has 0 atom stereocenters. The highest BCUT2D eigenvalue weighted by Gasteiger charge is 2.10. The van der Waals surface area contributed by atoms with E-state index >= 15 is 0 Å². The predicted molar refractivity (Wildman–Crippen MR) is 95.7 cm³/mol. The van der Waals surface area contributed by atoms with Gasteiger partial charge in [-0.25, -0.2) is 0 Å². The van der Waals surface area contributed by atoms with Crippen LogP contribution in [0, 0.1) is 6.92 Å². The summed E-state index contributed by atoms with van der Waals surface area (Å²) in [6.07, 6.45) is 1.06. The Bertz CT molecular complexity index is 683. The number of amides is 2. The molecule has 0 heterocycles. The molecule has 126 valence electrons. The van der Waals surface area contributed by atoms with Crippen molar-refractivity contribution in [3.05, 3.63) is 71.3 Å². The van der Waals surface area contributed by atoms with Crippen molar-refractivity contribution < 1.29 is 9.59 Å². The van der Waals surface area contributed by atoms with Crippen molar-refractivity contribution in [2.24, 2.45) is 0 Å². The van der Waals surface area contributed by atoms with Crippen LogP contribution in [0.25, 0.3) is 0 Å². The fourth-order valence-corrected chi connectivity index (χ4v) is 2.46. The van der Waals surface area contributed by atoms with E-state index in [4.69, 9.17) is 0 Å². The van der Waals surface area contributed by atoms with Crippen molar-refractivity contribution in [2.75, 3.05) is 13.6 Å². The Morgan fingerprint density at radius 3 is 2.38 bits per heavy atom. The summed E-state index contributed by atoms with van der Waals surface area (Å²) in [5.74, 6) is -0.0106. The summed E-state index contributed by atoms with van der Waals surface area (Å²) >= 11 is 0. The first-order chi connectivity index (χ1) is 11.6. The van der Waals surface area contributed by atoms with Gasteiger partial charge in [-0.15, -0.1) is 0 Å². The maximum atomic E-state index is 12.2. The molecular formula is C20H24N2O2. The molecule has 2 rings (SSSR count). The van der Waals surface area contributed by atoms with E-state index in [2.05, 4.69) is 5.32 Å². The number of nitrogens with one attached hydrogen (secondary N) is 1. The largest absolute Gasteiger partial charge is 0.352 e. The molecule has 24 heavy (non-hydrogen) atoms. The van der Waals surface area contributed by atoms with Crippen LogP contribution in [0.3, 0.4) is 0 Å². The van der Waals surface area contributed by atoms with Gasteiger partial charge >= 0.3 is 0 Å². The van der Waals surface area contributed by atoms with Gasteiger partial charge in [-0.1, -0.05) is 42.5 Å². The molecule has 1 N–H and O–H groups in total. The molecule has 0 saturated carbocycles. The van der Waals surface area contributed by atoms with Gasteiger partial charge in [-0.05, 0) is 36.6 Å². The normalized spacial score (nSPS) is 10.2. The number of hydrogen-bond acceptors (Lipinski definition) is 2. The zero-order chi connectivity index (χ0) is 17.4.